The van der Waals surface area contributed by atoms with Crippen molar-refractivity contribution in [1.29, 1.82) is 0 Å². The zero-order valence-electron chi connectivity index (χ0n) is 15.0. The van der Waals surface area contributed by atoms with E-state index in [1.54, 1.807) is 0 Å². The lowest BCUT2D eigenvalue weighted by molar-refractivity contribution is 0.266. The van der Waals surface area contributed by atoms with E-state index in [2.05, 4.69) is 46.9 Å². The molecule has 1 aromatic heterocycles. The van der Waals surface area contributed by atoms with Crippen LogP contribution < -0.4 is 5.32 Å². The van der Waals surface area contributed by atoms with Crippen molar-refractivity contribution >= 4 is 0 Å². The molecule has 130 valence electrons. The van der Waals surface area contributed by atoms with Gasteiger partial charge < -0.3 is 5.32 Å². The molecule has 1 heterocycles. The fraction of sp³-hybridized carbons (Fsp3) is 0.571. The lowest BCUT2D eigenvalue weighted by Crippen LogP contribution is -2.39. The van der Waals surface area contributed by atoms with Gasteiger partial charge in [-0.1, -0.05) is 49.6 Å². The second kappa shape index (κ2) is 9.03. The van der Waals surface area contributed by atoms with Crippen molar-refractivity contribution in [3.63, 3.8) is 0 Å². The van der Waals surface area contributed by atoms with Gasteiger partial charge in [0.25, 0.3) is 0 Å². The second-order valence-electron chi connectivity index (χ2n) is 7.27. The molecular formula is C21H31N3. The van der Waals surface area contributed by atoms with Gasteiger partial charge in [0.15, 0.2) is 0 Å². The third-order valence-electron chi connectivity index (χ3n) is 5.32. The first-order chi connectivity index (χ1) is 11.8. The standard InChI is InChI=1S/C21H31N3/c1-24-17-19(16-23-24)11-8-14-22-21(20-12-6-3-7-13-20)15-18-9-4-2-5-10-18/h2,4-5,9-10,16-17,20-22H,3,6-8,11-15H2,1H3. The number of hydrogen-bond donors (Lipinski definition) is 1. The molecule has 1 aliphatic rings. The van der Waals surface area contributed by atoms with E-state index in [1.807, 2.05) is 17.9 Å². The fourth-order valence-electron chi connectivity index (χ4n) is 3.99. The summed E-state index contributed by atoms with van der Waals surface area (Å²) in [5, 5.41) is 8.14. The summed E-state index contributed by atoms with van der Waals surface area (Å²) in [6, 6.07) is 11.6. The van der Waals surface area contributed by atoms with Crippen molar-refractivity contribution in [2.24, 2.45) is 13.0 Å². The Morgan fingerprint density at radius 1 is 1.12 bits per heavy atom. The molecule has 3 nitrogen and oxygen atoms in total. The Bertz CT molecular complexity index is 584. The Labute approximate surface area is 146 Å². The summed E-state index contributed by atoms with van der Waals surface area (Å²) in [6.07, 6.45) is 14.6. The van der Waals surface area contributed by atoms with Crippen LogP contribution in [-0.4, -0.2) is 22.4 Å². The zero-order chi connectivity index (χ0) is 16.6. The first-order valence-electron chi connectivity index (χ1n) is 9.56. The van der Waals surface area contributed by atoms with Crippen LogP contribution in [0.3, 0.4) is 0 Å². The van der Waals surface area contributed by atoms with Crippen molar-refractivity contribution in [3.05, 3.63) is 53.9 Å². The minimum atomic E-state index is 0.626. The van der Waals surface area contributed by atoms with Crippen LogP contribution in [0, 0.1) is 5.92 Å². The molecule has 3 heteroatoms. The Morgan fingerprint density at radius 3 is 2.62 bits per heavy atom. The topological polar surface area (TPSA) is 29.9 Å². The molecule has 3 rings (SSSR count). The normalized spacial score (nSPS) is 17.0. The molecule has 24 heavy (non-hydrogen) atoms. The van der Waals surface area contributed by atoms with Crippen LogP contribution in [0.5, 0.6) is 0 Å². The van der Waals surface area contributed by atoms with Crippen molar-refractivity contribution in [2.75, 3.05) is 6.54 Å². The maximum Gasteiger partial charge on any atom is 0.0521 e. The van der Waals surface area contributed by atoms with E-state index in [-0.39, 0.29) is 0 Å². The highest BCUT2D eigenvalue weighted by Crippen LogP contribution is 2.28. The molecule has 2 aromatic rings. The Morgan fingerprint density at radius 2 is 1.92 bits per heavy atom. The minimum absolute atomic E-state index is 0.626. The van der Waals surface area contributed by atoms with E-state index in [4.69, 9.17) is 0 Å². The molecular weight excluding hydrogens is 294 g/mol. The quantitative estimate of drug-likeness (QED) is 0.740. The summed E-state index contributed by atoms with van der Waals surface area (Å²) >= 11 is 0. The van der Waals surface area contributed by atoms with Gasteiger partial charge in [-0.25, -0.2) is 0 Å². The predicted molar refractivity (Wildman–Crippen MR) is 100 cm³/mol. The number of rotatable bonds is 8. The molecule has 0 spiro atoms. The van der Waals surface area contributed by atoms with Gasteiger partial charge in [-0.2, -0.15) is 5.10 Å². The highest BCUT2D eigenvalue weighted by Gasteiger charge is 2.23. The average Bonchev–Trinajstić information content (AvgIpc) is 3.04. The number of nitrogens with one attached hydrogen (secondary N) is 1. The van der Waals surface area contributed by atoms with Crippen LogP contribution in [0.1, 0.15) is 49.7 Å². The monoisotopic (exact) mass is 325 g/mol. The van der Waals surface area contributed by atoms with Crippen LogP contribution in [0.25, 0.3) is 0 Å². The average molecular weight is 326 g/mol. The molecule has 0 amide bonds. The van der Waals surface area contributed by atoms with E-state index < -0.39 is 0 Å². The highest BCUT2D eigenvalue weighted by molar-refractivity contribution is 5.16. The van der Waals surface area contributed by atoms with Crippen LogP contribution >= 0.6 is 0 Å². The smallest absolute Gasteiger partial charge is 0.0521 e. The maximum atomic E-state index is 4.26. The van der Waals surface area contributed by atoms with E-state index >= 15 is 0 Å². The molecule has 0 bridgehead atoms. The van der Waals surface area contributed by atoms with E-state index in [0.29, 0.717) is 6.04 Å². The predicted octanol–water partition coefficient (Wildman–Crippen LogP) is 4.13. The van der Waals surface area contributed by atoms with Gasteiger partial charge >= 0.3 is 0 Å². The number of benzene rings is 1. The molecule has 0 saturated heterocycles. The van der Waals surface area contributed by atoms with Gasteiger partial charge in [-0.3, -0.25) is 4.68 Å². The van der Waals surface area contributed by atoms with Crippen molar-refractivity contribution in [3.8, 4) is 0 Å². The highest BCUT2D eigenvalue weighted by atomic mass is 15.2. The van der Waals surface area contributed by atoms with E-state index in [9.17, 15) is 0 Å². The number of aryl methyl sites for hydroxylation is 2. The molecule has 1 unspecified atom stereocenters. The van der Waals surface area contributed by atoms with Crippen LogP contribution in [0.4, 0.5) is 0 Å². The molecule has 1 fully saturated rings. The lowest BCUT2D eigenvalue weighted by atomic mass is 9.81. The molecule has 1 saturated carbocycles. The summed E-state index contributed by atoms with van der Waals surface area (Å²) < 4.78 is 1.89. The summed E-state index contributed by atoms with van der Waals surface area (Å²) in [4.78, 5) is 0. The van der Waals surface area contributed by atoms with Crippen LogP contribution in [0.2, 0.25) is 0 Å². The third kappa shape index (κ3) is 5.20. The fourth-order valence-corrected chi connectivity index (χ4v) is 3.99. The van der Waals surface area contributed by atoms with Crippen molar-refractivity contribution in [1.82, 2.24) is 15.1 Å². The van der Waals surface area contributed by atoms with Gasteiger partial charge in [-0.15, -0.1) is 0 Å². The first-order valence-corrected chi connectivity index (χ1v) is 9.56. The second-order valence-corrected chi connectivity index (χ2v) is 7.27. The number of nitrogens with zero attached hydrogens (tertiary/aromatic N) is 2. The van der Waals surface area contributed by atoms with Crippen LogP contribution in [-0.2, 0) is 19.9 Å². The number of aromatic nitrogens is 2. The van der Waals surface area contributed by atoms with E-state index in [1.165, 1.54) is 56.1 Å². The molecule has 1 atom stereocenters. The summed E-state index contributed by atoms with van der Waals surface area (Å²) in [5.74, 6) is 0.845. The Balaban J connectivity index is 1.51. The summed E-state index contributed by atoms with van der Waals surface area (Å²) in [5.41, 5.74) is 2.81. The van der Waals surface area contributed by atoms with E-state index in [0.717, 1.165) is 18.9 Å². The minimum Gasteiger partial charge on any atom is -0.313 e. The van der Waals surface area contributed by atoms with Crippen LogP contribution in [0.15, 0.2) is 42.7 Å². The molecule has 1 aliphatic carbocycles. The van der Waals surface area contributed by atoms with Gasteiger partial charge in [0.1, 0.15) is 0 Å². The molecule has 0 aliphatic heterocycles. The third-order valence-corrected chi connectivity index (χ3v) is 5.32. The first kappa shape index (κ1) is 17.2. The SMILES string of the molecule is Cn1cc(CCCNC(Cc2ccccc2)C2CCCCC2)cn1. The lowest BCUT2D eigenvalue weighted by Gasteiger charge is -2.31. The summed E-state index contributed by atoms with van der Waals surface area (Å²) in [6.45, 7) is 1.10. The molecule has 1 aromatic carbocycles. The van der Waals surface area contributed by atoms with Gasteiger partial charge in [-0.05, 0) is 55.7 Å². The van der Waals surface area contributed by atoms with Gasteiger partial charge in [0.05, 0.1) is 6.20 Å². The zero-order valence-corrected chi connectivity index (χ0v) is 15.0. The van der Waals surface area contributed by atoms with Crippen molar-refractivity contribution in [2.45, 2.75) is 57.4 Å². The Hall–Kier alpha value is -1.61. The summed E-state index contributed by atoms with van der Waals surface area (Å²) in [7, 11) is 1.99. The van der Waals surface area contributed by atoms with Gasteiger partial charge in [0.2, 0.25) is 0 Å². The van der Waals surface area contributed by atoms with Crippen molar-refractivity contribution < 1.29 is 0 Å². The largest absolute Gasteiger partial charge is 0.313 e. The maximum absolute atomic E-state index is 4.26. The Kier molecular flexibility index (Phi) is 6.48. The number of hydrogen-bond acceptors (Lipinski definition) is 2. The molecule has 0 radical (unpaired) electrons. The van der Waals surface area contributed by atoms with Gasteiger partial charge in [0, 0.05) is 19.3 Å². The molecule has 1 N–H and O–H groups in total.